The van der Waals surface area contributed by atoms with Crippen molar-refractivity contribution in [3.63, 3.8) is 0 Å². The highest BCUT2D eigenvalue weighted by Crippen LogP contribution is 2.65. The van der Waals surface area contributed by atoms with E-state index in [9.17, 15) is 19.5 Å². The van der Waals surface area contributed by atoms with Crippen molar-refractivity contribution in [1.82, 2.24) is 4.90 Å². The average molecular weight is 538 g/mol. The number of hydrogen-bond donors (Lipinski definition) is 1. The van der Waals surface area contributed by atoms with Crippen molar-refractivity contribution in [2.75, 3.05) is 0 Å². The number of allylic oxidation sites excluding steroid dienone is 3. The molecule has 0 radical (unpaired) electrons. The lowest BCUT2D eigenvalue weighted by molar-refractivity contribution is -0.150. The van der Waals surface area contributed by atoms with Gasteiger partial charge in [-0.3, -0.25) is 9.59 Å². The number of Topliss-reactive ketones (excluding diaryl/α,β-unsaturated/α-hetero) is 1. The predicted molar refractivity (Wildman–Crippen MR) is 154 cm³/mol. The van der Waals surface area contributed by atoms with Crippen LogP contribution in [0.25, 0.3) is 0 Å². The third kappa shape index (κ3) is 4.44. The summed E-state index contributed by atoms with van der Waals surface area (Å²) in [6.07, 6.45) is 8.20. The first kappa shape index (κ1) is 26.7. The van der Waals surface area contributed by atoms with Crippen LogP contribution in [0, 0.1) is 34.5 Å². The fraction of sp³-hybridized carbons (Fsp3) is 0.457. The Balaban J connectivity index is 1.29. The Morgan fingerprint density at radius 3 is 2.17 bits per heavy atom. The summed E-state index contributed by atoms with van der Waals surface area (Å²) in [7, 11) is 0. The lowest BCUT2D eigenvalue weighted by Crippen LogP contribution is -2.55. The number of ketones is 1. The monoisotopic (exact) mass is 537 g/mol. The van der Waals surface area contributed by atoms with Gasteiger partial charge in [0.15, 0.2) is 0 Å². The summed E-state index contributed by atoms with van der Waals surface area (Å²) in [6.45, 7) is 5.47. The van der Waals surface area contributed by atoms with Crippen molar-refractivity contribution < 1.29 is 19.5 Å². The molecule has 5 heteroatoms. The van der Waals surface area contributed by atoms with Crippen LogP contribution in [0.1, 0.15) is 63.5 Å². The number of carboxylic acid groups (broad SMARTS) is 1. The third-order valence-electron chi connectivity index (χ3n) is 10.8. The van der Waals surface area contributed by atoms with Crippen LogP contribution < -0.4 is 0 Å². The first-order chi connectivity index (χ1) is 19.2. The summed E-state index contributed by atoms with van der Waals surface area (Å²) in [5.41, 5.74) is 3.00. The number of carbonyl (C=O) groups excluding carboxylic acids is 2. The molecule has 5 nitrogen and oxygen atoms in total. The van der Waals surface area contributed by atoms with Crippen LogP contribution >= 0.6 is 0 Å². The van der Waals surface area contributed by atoms with Gasteiger partial charge >= 0.3 is 5.97 Å². The summed E-state index contributed by atoms with van der Waals surface area (Å²) in [5, 5.41) is 9.57. The molecule has 4 aliphatic rings. The molecule has 40 heavy (non-hydrogen) atoms. The molecule has 0 heterocycles. The van der Waals surface area contributed by atoms with E-state index >= 15 is 0 Å². The van der Waals surface area contributed by atoms with Crippen molar-refractivity contribution in [2.24, 2.45) is 34.5 Å². The van der Waals surface area contributed by atoms with Gasteiger partial charge in [-0.25, -0.2) is 4.79 Å². The molecular formula is C35H39NO4. The number of rotatable bonds is 6. The highest BCUT2D eigenvalue weighted by molar-refractivity contribution is 5.90. The van der Waals surface area contributed by atoms with E-state index < -0.39 is 5.97 Å². The van der Waals surface area contributed by atoms with Crippen molar-refractivity contribution in [3.8, 4) is 0 Å². The molecule has 4 aliphatic carbocycles. The SMILES string of the molecule is C[C@]12CC(=O)[C@H]3[C@@H](CC=C4C=C(C(=O)O)CC[C@@]43C)[C@@H]1CC[C@@H]2C(=O)N(Cc1ccccc1)Cc1ccccc1. The van der Waals surface area contributed by atoms with Gasteiger partial charge in [0.05, 0.1) is 0 Å². The molecule has 208 valence electrons. The average Bonchev–Trinajstić information content (AvgIpc) is 3.29. The van der Waals surface area contributed by atoms with E-state index in [1.165, 1.54) is 0 Å². The zero-order chi connectivity index (χ0) is 28.1. The molecule has 2 saturated carbocycles. The van der Waals surface area contributed by atoms with E-state index in [1.54, 1.807) is 0 Å². The van der Waals surface area contributed by atoms with Crippen LogP contribution in [0.3, 0.4) is 0 Å². The molecule has 2 aromatic rings. The Kier molecular flexibility index (Phi) is 6.80. The van der Waals surface area contributed by atoms with Crippen molar-refractivity contribution in [1.29, 1.82) is 0 Å². The highest BCUT2D eigenvalue weighted by atomic mass is 16.4. The minimum Gasteiger partial charge on any atom is -0.478 e. The molecule has 0 aromatic heterocycles. The van der Waals surface area contributed by atoms with E-state index in [0.29, 0.717) is 43.8 Å². The third-order valence-corrected chi connectivity index (χ3v) is 10.8. The minimum absolute atomic E-state index is 0.101. The standard InChI is InChI=1S/C35H39NO4/c1-34-18-17-25(33(39)40)19-26(34)13-14-27-28-15-16-29(35(28,2)20-30(37)31(27)34)32(38)36(21-23-9-5-3-6-10-23)22-24-11-7-4-8-12-24/h3-13,19,27-29,31H,14-18,20-22H2,1-2H3,(H,39,40)/t27-,28-,29+,31+,34-,35-/m0/s1. The number of fused-ring (bicyclic) bond motifs is 5. The van der Waals surface area contributed by atoms with Gasteiger partial charge < -0.3 is 10.0 Å². The second-order valence-electron chi connectivity index (χ2n) is 13.0. The number of carbonyl (C=O) groups is 3. The maximum Gasteiger partial charge on any atom is 0.331 e. The van der Waals surface area contributed by atoms with Crippen LogP contribution in [0.2, 0.25) is 0 Å². The minimum atomic E-state index is -0.861. The number of carboxylic acids is 1. The van der Waals surface area contributed by atoms with Crippen LogP contribution in [-0.4, -0.2) is 27.7 Å². The zero-order valence-electron chi connectivity index (χ0n) is 23.5. The van der Waals surface area contributed by atoms with Crippen LogP contribution in [0.15, 0.2) is 84.0 Å². The predicted octanol–water partition coefficient (Wildman–Crippen LogP) is 6.59. The molecule has 1 N–H and O–H groups in total. The van der Waals surface area contributed by atoms with E-state index in [-0.39, 0.29) is 40.3 Å². The summed E-state index contributed by atoms with van der Waals surface area (Å²) in [4.78, 5) is 42.2. The van der Waals surface area contributed by atoms with Gasteiger partial charge in [0.2, 0.25) is 5.91 Å². The van der Waals surface area contributed by atoms with E-state index in [0.717, 1.165) is 36.0 Å². The van der Waals surface area contributed by atoms with Gasteiger partial charge in [0.25, 0.3) is 0 Å². The Bertz CT molecular complexity index is 1340. The highest BCUT2D eigenvalue weighted by Gasteiger charge is 2.63. The quantitative estimate of drug-likeness (QED) is 0.451. The fourth-order valence-corrected chi connectivity index (χ4v) is 8.77. The maximum atomic E-state index is 14.4. The molecule has 6 atom stereocenters. The molecule has 1 amide bonds. The topological polar surface area (TPSA) is 74.7 Å². The van der Waals surface area contributed by atoms with Crippen molar-refractivity contribution in [3.05, 3.63) is 95.1 Å². The molecule has 6 rings (SSSR count). The van der Waals surface area contributed by atoms with E-state index in [4.69, 9.17) is 0 Å². The molecular weight excluding hydrogens is 498 g/mol. The summed E-state index contributed by atoms with van der Waals surface area (Å²) in [5.74, 6) is -0.211. The van der Waals surface area contributed by atoms with Crippen LogP contribution in [0.5, 0.6) is 0 Å². The van der Waals surface area contributed by atoms with Gasteiger partial charge in [-0.05, 0) is 72.1 Å². The van der Waals surface area contributed by atoms with Gasteiger partial charge in [-0.15, -0.1) is 0 Å². The Hall–Kier alpha value is -3.47. The smallest absolute Gasteiger partial charge is 0.331 e. The molecule has 0 unspecified atom stereocenters. The summed E-state index contributed by atoms with van der Waals surface area (Å²) in [6, 6.07) is 20.3. The van der Waals surface area contributed by atoms with Crippen LogP contribution in [0.4, 0.5) is 0 Å². The summed E-state index contributed by atoms with van der Waals surface area (Å²) >= 11 is 0. The Labute approximate surface area is 237 Å². The van der Waals surface area contributed by atoms with E-state index in [1.807, 2.05) is 47.4 Å². The van der Waals surface area contributed by atoms with Crippen molar-refractivity contribution in [2.45, 2.75) is 65.5 Å². The lowest BCUT2D eigenvalue weighted by Gasteiger charge is -2.55. The molecule has 0 bridgehead atoms. The molecule has 0 saturated heterocycles. The molecule has 2 aromatic carbocycles. The van der Waals surface area contributed by atoms with Gasteiger partial charge in [-0.1, -0.05) is 80.6 Å². The van der Waals surface area contributed by atoms with Gasteiger partial charge in [0, 0.05) is 42.3 Å². The number of hydrogen-bond acceptors (Lipinski definition) is 3. The number of nitrogens with zero attached hydrogens (tertiary/aromatic N) is 1. The van der Waals surface area contributed by atoms with E-state index in [2.05, 4.69) is 44.2 Å². The first-order valence-corrected chi connectivity index (χ1v) is 14.7. The number of amides is 1. The summed E-state index contributed by atoms with van der Waals surface area (Å²) < 4.78 is 0. The normalized spacial score (nSPS) is 32.7. The van der Waals surface area contributed by atoms with Crippen molar-refractivity contribution >= 4 is 17.7 Å². The Morgan fingerprint density at radius 1 is 0.950 bits per heavy atom. The van der Waals surface area contributed by atoms with Gasteiger partial charge in [-0.2, -0.15) is 0 Å². The lowest BCUT2D eigenvalue weighted by atomic mass is 9.47. The molecule has 0 aliphatic heterocycles. The van der Waals surface area contributed by atoms with Gasteiger partial charge in [0.1, 0.15) is 5.78 Å². The molecule has 2 fully saturated rings. The number of aliphatic carboxylic acids is 1. The molecule has 0 spiro atoms. The Morgan fingerprint density at radius 2 is 1.57 bits per heavy atom. The number of benzene rings is 2. The van der Waals surface area contributed by atoms with Crippen LogP contribution in [-0.2, 0) is 27.5 Å². The second-order valence-corrected chi connectivity index (χ2v) is 13.0. The second kappa shape index (κ2) is 10.2. The first-order valence-electron chi connectivity index (χ1n) is 14.7. The largest absolute Gasteiger partial charge is 0.478 e. The zero-order valence-corrected chi connectivity index (χ0v) is 23.5. The maximum absolute atomic E-state index is 14.4. The fourth-order valence-electron chi connectivity index (χ4n) is 8.77.